The number of carbonyl (C=O) groups excluding carboxylic acids is 1. The number of ether oxygens (including phenoxy) is 1. The van der Waals surface area contributed by atoms with Gasteiger partial charge in [0.15, 0.2) is 11.6 Å². The number of methoxy groups -OCH3 is 1. The molecule has 0 atom stereocenters. The van der Waals surface area contributed by atoms with E-state index in [1.54, 1.807) is 0 Å². The number of hydrogen-bond donors (Lipinski definition) is 1. The quantitative estimate of drug-likeness (QED) is 0.429. The Kier molecular flexibility index (Phi) is 2.64. The Bertz CT molecular complexity index is 393. The van der Waals surface area contributed by atoms with Crippen molar-refractivity contribution in [1.82, 2.24) is 0 Å². The highest BCUT2D eigenvalue weighted by molar-refractivity contribution is 5.90. The first-order valence-corrected chi connectivity index (χ1v) is 3.50. The summed E-state index contributed by atoms with van der Waals surface area (Å²) in [6.45, 7) is 0. The molecule has 0 radical (unpaired) electrons. The number of rotatable bonds is 1. The Hall–Kier alpha value is -1.72. The zero-order valence-electron chi connectivity index (χ0n) is 7.11. The van der Waals surface area contributed by atoms with Crippen molar-refractivity contribution in [3.8, 4) is 0 Å². The summed E-state index contributed by atoms with van der Waals surface area (Å²) < 4.78 is 42.6. The standard InChI is InChI=1S/C8H6F3NO2/c1-14-8(13)3-2-4(9)7(12)6(11)5(3)10/h2H,12H2,1H3. The molecule has 0 bridgehead atoms. The highest BCUT2D eigenvalue weighted by Gasteiger charge is 2.21. The molecule has 0 aliphatic heterocycles. The average Bonchev–Trinajstić information content (AvgIpc) is 2.19. The van der Waals surface area contributed by atoms with Gasteiger partial charge in [0, 0.05) is 0 Å². The Morgan fingerprint density at radius 1 is 1.36 bits per heavy atom. The Balaban J connectivity index is 3.40. The van der Waals surface area contributed by atoms with Crippen LogP contribution in [-0.2, 0) is 4.74 Å². The number of esters is 1. The van der Waals surface area contributed by atoms with Crippen LogP contribution >= 0.6 is 0 Å². The summed E-state index contributed by atoms with van der Waals surface area (Å²) in [7, 11) is 0.966. The maximum Gasteiger partial charge on any atom is 0.341 e. The number of hydrogen-bond acceptors (Lipinski definition) is 3. The van der Waals surface area contributed by atoms with E-state index in [2.05, 4.69) is 4.74 Å². The predicted molar refractivity (Wildman–Crippen MR) is 42.1 cm³/mol. The summed E-state index contributed by atoms with van der Waals surface area (Å²) in [5.74, 6) is -5.48. The van der Waals surface area contributed by atoms with Crippen molar-refractivity contribution >= 4 is 11.7 Å². The number of nitrogens with two attached hydrogens (primary N) is 1. The topological polar surface area (TPSA) is 52.3 Å². The molecule has 6 heteroatoms. The van der Waals surface area contributed by atoms with Gasteiger partial charge < -0.3 is 10.5 Å². The van der Waals surface area contributed by atoms with Crippen LogP contribution in [0.15, 0.2) is 6.07 Å². The highest BCUT2D eigenvalue weighted by atomic mass is 19.2. The van der Waals surface area contributed by atoms with E-state index in [1.807, 2.05) is 0 Å². The zero-order valence-corrected chi connectivity index (χ0v) is 7.11. The van der Waals surface area contributed by atoms with Crippen molar-refractivity contribution in [2.45, 2.75) is 0 Å². The van der Waals surface area contributed by atoms with E-state index in [1.165, 1.54) is 0 Å². The second kappa shape index (κ2) is 3.57. The molecule has 3 nitrogen and oxygen atoms in total. The molecule has 0 fully saturated rings. The molecule has 1 aromatic rings. The molecule has 2 N–H and O–H groups in total. The lowest BCUT2D eigenvalue weighted by Crippen LogP contribution is -2.09. The van der Waals surface area contributed by atoms with Gasteiger partial charge in [-0.3, -0.25) is 0 Å². The van der Waals surface area contributed by atoms with Crippen molar-refractivity contribution in [2.75, 3.05) is 12.8 Å². The lowest BCUT2D eigenvalue weighted by molar-refractivity contribution is 0.0593. The fourth-order valence-corrected chi connectivity index (χ4v) is 0.868. The molecule has 1 aromatic carbocycles. The number of anilines is 1. The number of carbonyl (C=O) groups is 1. The van der Waals surface area contributed by atoms with Crippen LogP contribution in [-0.4, -0.2) is 13.1 Å². The van der Waals surface area contributed by atoms with Crippen LogP contribution in [0.3, 0.4) is 0 Å². The van der Waals surface area contributed by atoms with Crippen LogP contribution in [0.2, 0.25) is 0 Å². The molecule has 76 valence electrons. The van der Waals surface area contributed by atoms with Crippen LogP contribution < -0.4 is 5.73 Å². The second-order valence-corrected chi connectivity index (χ2v) is 2.44. The molecule has 0 aromatic heterocycles. The fraction of sp³-hybridized carbons (Fsp3) is 0.125. The van der Waals surface area contributed by atoms with E-state index in [4.69, 9.17) is 5.73 Å². The lowest BCUT2D eigenvalue weighted by Gasteiger charge is -2.04. The summed E-state index contributed by atoms with van der Waals surface area (Å²) in [5, 5.41) is 0. The van der Waals surface area contributed by atoms with E-state index in [9.17, 15) is 18.0 Å². The third-order valence-electron chi connectivity index (χ3n) is 1.60. The molecule has 0 aliphatic rings. The van der Waals surface area contributed by atoms with Gasteiger partial charge in [-0.1, -0.05) is 0 Å². The molecule has 0 saturated carbocycles. The third-order valence-corrected chi connectivity index (χ3v) is 1.60. The number of halogens is 3. The SMILES string of the molecule is COC(=O)c1cc(F)c(N)c(F)c1F. The maximum atomic E-state index is 13.0. The lowest BCUT2D eigenvalue weighted by atomic mass is 10.1. The molecular formula is C8H6F3NO2. The van der Waals surface area contributed by atoms with Crippen molar-refractivity contribution in [3.63, 3.8) is 0 Å². The Morgan fingerprint density at radius 2 is 1.93 bits per heavy atom. The fourth-order valence-electron chi connectivity index (χ4n) is 0.868. The first-order valence-electron chi connectivity index (χ1n) is 3.50. The predicted octanol–water partition coefficient (Wildman–Crippen LogP) is 1.47. The summed E-state index contributed by atoms with van der Waals surface area (Å²) in [6, 6.07) is 0.486. The van der Waals surface area contributed by atoms with Crippen LogP contribution in [0.4, 0.5) is 18.9 Å². The van der Waals surface area contributed by atoms with Gasteiger partial charge in [0.05, 0.1) is 7.11 Å². The summed E-state index contributed by atoms with van der Waals surface area (Å²) in [6.07, 6.45) is 0. The summed E-state index contributed by atoms with van der Waals surface area (Å²) in [5.41, 5.74) is 3.07. The highest BCUT2D eigenvalue weighted by Crippen LogP contribution is 2.22. The van der Waals surface area contributed by atoms with Gasteiger partial charge in [-0.25, -0.2) is 18.0 Å². The monoisotopic (exact) mass is 205 g/mol. The van der Waals surface area contributed by atoms with E-state index in [0.29, 0.717) is 6.07 Å². The van der Waals surface area contributed by atoms with Gasteiger partial charge in [0.2, 0.25) is 0 Å². The van der Waals surface area contributed by atoms with Gasteiger partial charge in [-0.05, 0) is 6.07 Å². The maximum absolute atomic E-state index is 13.0. The largest absolute Gasteiger partial charge is 0.465 e. The van der Waals surface area contributed by atoms with E-state index in [-0.39, 0.29) is 0 Å². The van der Waals surface area contributed by atoms with Crippen LogP contribution in [0.1, 0.15) is 10.4 Å². The molecule has 0 heterocycles. The van der Waals surface area contributed by atoms with Crippen LogP contribution in [0.25, 0.3) is 0 Å². The van der Waals surface area contributed by atoms with E-state index < -0.39 is 34.7 Å². The van der Waals surface area contributed by atoms with Crippen molar-refractivity contribution in [1.29, 1.82) is 0 Å². The van der Waals surface area contributed by atoms with Gasteiger partial charge in [-0.2, -0.15) is 0 Å². The molecule has 0 aliphatic carbocycles. The van der Waals surface area contributed by atoms with Crippen LogP contribution in [0, 0.1) is 17.5 Å². The van der Waals surface area contributed by atoms with E-state index >= 15 is 0 Å². The average molecular weight is 205 g/mol. The third kappa shape index (κ3) is 1.50. The van der Waals surface area contributed by atoms with Crippen molar-refractivity contribution < 1.29 is 22.7 Å². The molecule has 0 saturated heterocycles. The molecule has 0 amide bonds. The minimum absolute atomic E-state index is 0.486. The van der Waals surface area contributed by atoms with E-state index in [0.717, 1.165) is 7.11 Å². The molecular weight excluding hydrogens is 199 g/mol. The second-order valence-electron chi connectivity index (χ2n) is 2.44. The van der Waals surface area contributed by atoms with Crippen LogP contribution in [0.5, 0.6) is 0 Å². The molecule has 1 rings (SSSR count). The summed E-state index contributed by atoms with van der Waals surface area (Å²) >= 11 is 0. The van der Waals surface area contributed by atoms with Crippen molar-refractivity contribution in [3.05, 3.63) is 29.1 Å². The molecule has 14 heavy (non-hydrogen) atoms. The van der Waals surface area contributed by atoms with Gasteiger partial charge in [0.1, 0.15) is 17.1 Å². The zero-order chi connectivity index (χ0) is 10.9. The molecule has 0 unspecified atom stereocenters. The summed E-state index contributed by atoms with van der Waals surface area (Å²) in [4.78, 5) is 10.8. The number of benzene rings is 1. The minimum atomic E-state index is -1.59. The Labute approximate surface area is 77.3 Å². The smallest absolute Gasteiger partial charge is 0.341 e. The van der Waals surface area contributed by atoms with Gasteiger partial charge in [0.25, 0.3) is 0 Å². The Morgan fingerprint density at radius 3 is 2.43 bits per heavy atom. The first-order chi connectivity index (χ1) is 6.49. The molecule has 0 spiro atoms. The minimum Gasteiger partial charge on any atom is -0.465 e. The van der Waals surface area contributed by atoms with Crippen molar-refractivity contribution in [2.24, 2.45) is 0 Å². The normalized spacial score (nSPS) is 10.0. The number of nitrogen functional groups attached to an aromatic ring is 1. The van der Waals surface area contributed by atoms with Gasteiger partial charge in [-0.15, -0.1) is 0 Å². The first kappa shape index (κ1) is 10.4. The van der Waals surface area contributed by atoms with Gasteiger partial charge >= 0.3 is 5.97 Å².